The molecule has 3 heteroatoms. The summed E-state index contributed by atoms with van der Waals surface area (Å²) in [5, 5.41) is 0. The fraction of sp³-hybridized carbons (Fsp3) is 0.533. The van der Waals surface area contributed by atoms with Crippen molar-refractivity contribution < 1.29 is 4.79 Å². The molecule has 0 saturated carbocycles. The van der Waals surface area contributed by atoms with Crippen molar-refractivity contribution in [3.8, 4) is 0 Å². The van der Waals surface area contributed by atoms with Crippen LogP contribution in [0, 0.1) is 13.8 Å². The maximum atomic E-state index is 12.2. The van der Waals surface area contributed by atoms with E-state index in [1.165, 1.54) is 5.56 Å². The van der Waals surface area contributed by atoms with Crippen LogP contribution < -0.4 is 0 Å². The van der Waals surface area contributed by atoms with Crippen LogP contribution in [0.1, 0.15) is 21.5 Å². The van der Waals surface area contributed by atoms with Crippen LogP contribution in [-0.2, 0) is 0 Å². The molecular weight excluding hydrogens is 224 g/mol. The molecule has 0 fully saturated rings. The first-order valence-electron chi connectivity index (χ1n) is 6.34. The van der Waals surface area contributed by atoms with Crippen LogP contribution >= 0.6 is 0 Å². The van der Waals surface area contributed by atoms with Crippen LogP contribution in [0.3, 0.4) is 0 Å². The maximum Gasteiger partial charge on any atom is 0.177 e. The van der Waals surface area contributed by atoms with Crippen molar-refractivity contribution in [1.29, 1.82) is 0 Å². The molecule has 0 aliphatic heterocycles. The lowest BCUT2D eigenvalue weighted by Gasteiger charge is -2.19. The summed E-state index contributed by atoms with van der Waals surface area (Å²) in [5.74, 6) is 0.203. The number of carbonyl (C=O) groups excluding carboxylic acids is 1. The Bertz CT molecular complexity index is 413. The van der Waals surface area contributed by atoms with Gasteiger partial charge in [0.25, 0.3) is 0 Å². The first kappa shape index (κ1) is 14.9. The molecule has 0 aliphatic carbocycles. The average Bonchev–Trinajstić information content (AvgIpc) is 2.26. The molecule has 0 unspecified atom stereocenters. The highest BCUT2D eigenvalue weighted by Crippen LogP contribution is 2.11. The van der Waals surface area contributed by atoms with Gasteiger partial charge in [0.2, 0.25) is 0 Å². The Morgan fingerprint density at radius 3 is 2.33 bits per heavy atom. The molecular formula is C15H24N2O. The summed E-state index contributed by atoms with van der Waals surface area (Å²) in [5.41, 5.74) is 3.11. The summed E-state index contributed by atoms with van der Waals surface area (Å²) in [6.07, 6.45) is 0. The van der Waals surface area contributed by atoms with Crippen LogP contribution in [0.4, 0.5) is 0 Å². The van der Waals surface area contributed by atoms with Gasteiger partial charge >= 0.3 is 0 Å². The maximum absolute atomic E-state index is 12.2. The van der Waals surface area contributed by atoms with E-state index in [-0.39, 0.29) is 5.78 Å². The van der Waals surface area contributed by atoms with Crippen LogP contribution in [0.2, 0.25) is 0 Å². The smallest absolute Gasteiger partial charge is 0.177 e. The van der Waals surface area contributed by atoms with E-state index >= 15 is 0 Å². The first-order chi connectivity index (χ1) is 8.40. The third-order valence-corrected chi connectivity index (χ3v) is 3.02. The first-order valence-corrected chi connectivity index (χ1v) is 6.34. The van der Waals surface area contributed by atoms with E-state index in [9.17, 15) is 4.79 Å². The average molecular weight is 248 g/mol. The van der Waals surface area contributed by atoms with Crippen molar-refractivity contribution >= 4 is 5.78 Å². The number of aryl methyl sites for hydroxylation is 2. The molecule has 0 atom stereocenters. The Hall–Kier alpha value is -1.19. The van der Waals surface area contributed by atoms with Crippen LogP contribution in [0.15, 0.2) is 18.2 Å². The minimum atomic E-state index is 0.203. The molecule has 0 N–H and O–H groups in total. The number of benzene rings is 1. The minimum Gasteiger partial charge on any atom is -0.308 e. The number of nitrogens with zero attached hydrogens (tertiary/aromatic N) is 2. The fourth-order valence-corrected chi connectivity index (χ4v) is 1.91. The Morgan fingerprint density at radius 1 is 1.11 bits per heavy atom. The third-order valence-electron chi connectivity index (χ3n) is 3.02. The number of rotatable bonds is 6. The van der Waals surface area contributed by atoms with Crippen molar-refractivity contribution in [3.63, 3.8) is 0 Å². The molecule has 0 amide bonds. The largest absolute Gasteiger partial charge is 0.308 e. The predicted octanol–water partition coefficient (Wildman–Crippen LogP) is 1.98. The van der Waals surface area contributed by atoms with Gasteiger partial charge in [-0.2, -0.15) is 0 Å². The monoisotopic (exact) mass is 248 g/mol. The van der Waals surface area contributed by atoms with Crippen LogP contribution in [0.25, 0.3) is 0 Å². The van der Waals surface area contributed by atoms with Gasteiger partial charge in [-0.15, -0.1) is 0 Å². The second kappa shape index (κ2) is 6.66. The lowest BCUT2D eigenvalue weighted by Crippen LogP contribution is -2.32. The molecule has 0 radical (unpaired) electrons. The quantitative estimate of drug-likeness (QED) is 0.719. The fourth-order valence-electron chi connectivity index (χ4n) is 1.91. The summed E-state index contributed by atoms with van der Waals surface area (Å²) in [4.78, 5) is 16.4. The van der Waals surface area contributed by atoms with Crippen molar-refractivity contribution in [2.24, 2.45) is 0 Å². The van der Waals surface area contributed by atoms with E-state index < -0.39 is 0 Å². The number of hydrogen-bond donors (Lipinski definition) is 0. The lowest BCUT2D eigenvalue weighted by atomic mass is 10.0. The van der Waals surface area contributed by atoms with Gasteiger partial charge < -0.3 is 4.90 Å². The van der Waals surface area contributed by atoms with Gasteiger partial charge in [-0.25, -0.2) is 0 Å². The van der Waals surface area contributed by atoms with E-state index in [4.69, 9.17) is 0 Å². The van der Waals surface area contributed by atoms with Crippen molar-refractivity contribution in [1.82, 2.24) is 9.80 Å². The Labute approximate surface area is 110 Å². The normalized spacial score (nSPS) is 11.3. The zero-order valence-electron chi connectivity index (χ0n) is 12.2. The number of Topliss-reactive ketones (excluding diaryl/α,β-unsaturated/α-hetero) is 1. The minimum absolute atomic E-state index is 0.203. The molecule has 0 heterocycles. The summed E-state index contributed by atoms with van der Waals surface area (Å²) >= 11 is 0. The van der Waals surface area contributed by atoms with Gasteiger partial charge in [0.05, 0.1) is 6.54 Å². The molecule has 0 bridgehead atoms. The van der Waals surface area contributed by atoms with Gasteiger partial charge in [-0.3, -0.25) is 9.69 Å². The third kappa shape index (κ3) is 4.59. The molecule has 0 saturated heterocycles. The number of carbonyl (C=O) groups is 1. The van der Waals surface area contributed by atoms with E-state index in [0.29, 0.717) is 6.54 Å². The van der Waals surface area contributed by atoms with Crippen molar-refractivity contribution in [2.45, 2.75) is 13.8 Å². The second-order valence-electron chi connectivity index (χ2n) is 5.28. The highest BCUT2D eigenvalue weighted by Gasteiger charge is 2.11. The van der Waals surface area contributed by atoms with Gasteiger partial charge in [0.1, 0.15) is 0 Å². The van der Waals surface area contributed by atoms with E-state index in [0.717, 1.165) is 24.2 Å². The van der Waals surface area contributed by atoms with E-state index in [1.54, 1.807) is 0 Å². The molecule has 0 aromatic heterocycles. The highest BCUT2D eigenvalue weighted by molar-refractivity contribution is 5.98. The molecule has 3 nitrogen and oxygen atoms in total. The summed E-state index contributed by atoms with van der Waals surface area (Å²) in [7, 11) is 6.07. The molecule has 100 valence electrons. The predicted molar refractivity (Wildman–Crippen MR) is 76.3 cm³/mol. The molecule has 1 aromatic carbocycles. The SMILES string of the molecule is Cc1ccc(C(=O)CN(C)CCN(C)C)c(C)c1. The Kier molecular flexibility index (Phi) is 5.51. The molecule has 1 aromatic rings. The van der Waals surface area contributed by atoms with Crippen LogP contribution in [-0.4, -0.2) is 56.4 Å². The summed E-state index contributed by atoms with van der Waals surface area (Å²) < 4.78 is 0. The lowest BCUT2D eigenvalue weighted by molar-refractivity contribution is 0.0942. The molecule has 1 rings (SSSR count). The van der Waals surface area contributed by atoms with Gasteiger partial charge in [-0.1, -0.05) is 23.8 Å². The van der Waals surface area contributed by atoms with Gasteiger partial charge in [0.15, 0.2) is 5.78 Å². The van der Waals surface area contributed by atoms with Gasteiger partial charge in [0, 0.05) is 18.7 Å². The highest BCUT2D eigenvalue weighted by atomic mass is 16.1. The topological polar surface area (TPSA) is 23.6 Å². The van der Waals surface area contributed by atoms with Crippen molar-refractivity contribution in [3.05, 3.63) is 34.9 Å². The number of ketones is 1. The Morgan fingerprint density at radius 2 is 1.78 bits per heavy atom. The zero-order chi connectivity index (χ0) is 13.7. The zero-order valence-corrected chi connectivity index (χ0v) is 12.2. The summed E-state index contributed by atoms with van der Waals surface area (Å²) in [6, 6.07) is 6.00. The number of hydrogen-bond acceptors (Lipinski definition) is 3. The molecule has 18 heavy (non-hydrogen) atoms. The summed E-state index contributed by atoms with van der Waals surface area (Å²) in [6.45, 7) is 6.41. The van der Waals surface area contributed by atoms with E-state index in [2.05, 4.69) is 15.9 Å². The van der Waals surface area contributed by atoms with Crippen molar-refractivity contribution in [2.75, 3.05) is 40.8 Å². The van der Waals surface area contributed by atoms with Gasteiger partial charge in [-0.05, 0) is 40.6 Å². The standard InChI is InChI=1S/C15H24N2O/c1-12-6-7-14(13(2)10-12)15(18)11-17(5)9-8-16(3)4/h6-7,10H,8-9,11H2,1-5H3. The Balaban J connectivity index is 2.59. The molecule has 0 aliphatic rings. The number of likely N-dealkylation sites (N-methyl/N-ethyl adjacent to an activating group) is 2. The second-order valence-corrected chi connectivity index (χ2v) is 5.28. The van der Waals surface area contributed by atoms with E-state index in [1.807, 2.05) is 47.1 Å². The van der Waals surface area contributed by atoms with Crippen LogP contribution in [0.5, 0.6) is 0 Å². The molecule has 0 spiro atoms.